The second-order valence-corrected chi connectivity index (χ2v) is 6.40. The van der Waals surface area contributed by atoms with Crippen LogP contribution in [-0.4, -0.2) is 57.4 Å². The van der Waals surface area contributed by atoms with Crippen molar-refractivity contribution in [1.82, 2.24) is 15.1 Å². The van der Waals surface area contributed by atoms with Crippen molar-refractivity contribution in [2.45, 2.75) is 45.3 Å². The zero-order valence-corrected chi connectivity index (χ0v) is 12.7. The summed E-state index contributed by atoms with van der Waals surface area (Å²) in [7, 11) is 0. The molecule has 2 atom stereocenters. The number of nitrogens with one attached hydrogen (secondary N) is 1. The van der Waals surface area contributed by atoms with E-state index in [4.69, 9.17) is 9.84 Å². The first-order valence-electron chi connectivity index (χ1n) is 6.92. The summed E-state index contributed by atoms with van der Waals surface area (Å²) in [5.74, 6) is -1.33. The number of ether oxygens (including phenoxy) is 1. The van der Waals surface area contributed by atoms with Gasteiger partial charge >= 0.3 is 5.97 Å². The fraction of sp³-hybridized carbons (Fsp3) is 0.643. The Kier molecular flexibility index (Phi) is 4.04. The predicted octanol–water partition coefficient (Wildman–Crippen LogP) is 1.02. The predicted molar refractivity (Wildman–Crippen MR) is 75.2 cm³/mol. The lowest BCUT2D eigenvalue weighted by Crippen LogP contribution is -2.51. The molecule has 2 heterocycles. The van der Waals surface area contributed by atoms with E-state index in [1.54, 1.807) is 13.0 Å². The van der Waals surface area contributed by atoms with Crippen molar-refractivity contribution < 1.29 is 19.4 Å². The van der Waals surface area contributed by atoms with Gasteiger partial charge in [-0.3, -0.25) is 9.89 Å². The molecular formula is C14H21N3O4. The number of aromatic amines is 1. The van der Waals surface area contributed by atoms with E-state index >= 15 is 0 Å². The van der Waals surface area contributed by atoms with Crippen LogP contribution >= 0.6 is 0 Å². The Morgan fingerprint density at radius 1 is 1.43 bits per heavy atom. The average Bonchev–Trinajstić information content (AvgIpc) is 2.86. The molecule has 0 bridgehead atoms. The van der Waals surface area contributed by atoms with Gasteiger partial charge in [-0.15, -0.1) is 0 Å². The summed E-state index contributed by atoms with van der Waals surface area (Å²) in [5.41, 5.74) is 1.04. The van der Waals surface area contributed by atoms with Crippen molar-refractivity contribution >= 4 is 11.9 Å². The summed E-state index contributed by atoms with van der Waals surface area (Å²) in [4.78, 5) is 25.0. The Morgan fingerprint density at radius 3 is 2.62 bits per heavy atom. The molecule has 1 aromatic rings. The monoisotopic (exact) mass is 295 g/mol. The van der Waals surface area contributed by atoms with E-state index in [1.807, 2.05) is 20.8 Å². The van der Waals surface area contributed by atoms with Gasteiger partial charge in [0.2, 0.25) is 0 Å². The Bertz CT molecular complexity index is 547. The molecule has 1 fully saturated rings. The van der Waals surface area contributed by atoms with Gasteiger partial charge < -0.3 is 14.7 Å². The number of aromatic nitrogens is 2. The van der Waals surface area contributed by atoms with E-state index in [0.29, 0.717) is 12.2 Å². The molecule has 2 rings (SSSR count). The number of hydrogen-bond donors (Lipinski definition) is 2. The number of hydrogen-bond acceptors (Lipinski definition) is 4. The highest BCUT2D eigenvalue weighted by molar-refractivity contribution is 5.93. The Morgan fingerprint density at radius 2 is 2.10 bits per heavy atom. The van der Waals surface area contributed by atoms with E-state index in [2.05, 4.69) is 10.2 Å². The number of carboxylic acids is 1. The maximum Gasteiger partial charge on any atom is 0.334 e. The van der Waals surface area contributed by atoms with E-state index in [1.165, 1.54) is 4.90 Å². The summed E-state index contributed by atoms with van der Waals surface area (Å²) >= 11 is 0. The van der Waals surface area contributed by atoms with Crippen molar-refractivity contribution in [3.8, 4) is 0 Å². The third kappa shape index (κ3) is 3.41. The molecule has 0 radical (unpaired) electrons. The zero-order valence-electron chi connectivity index (χ0n) is 12.7. The number of carbonyl (C=O) groups excluding carboxylic acids is 1. The minimum Gasteiger partial charge on any atom is -0.479 e. The van der Waals surface area contributed by atoms with Crippen LogP contribution in [0.4, 0.5) is 0 Å². The molecular weight excluding hydrogens is 274 g/mol. The number of H-pyrrole nitrogens is 1. The first kappa shape index (κ1) is 15.5. The van der Waals surface area contributed by atoms with Crippen molar-refractivity contribution in [3.05, 3.63) is 17.5 Å². The second-order valence-electron chi connectivity index (χ2n) is 6.40. The standard InChI is InChI=1S/C14H21N3O4/c1-8-6-17(7-10(21-8)13(19)20)12(18)9-5-11(16-15-9)14(2,3)4/h5,8,10H,6-7H2,1-4H3,(H,15,16)(H,19,20)/t8-,10?/m1/s1. The molecule has 1 saturated heterocycles. The average molecular weight is 295 g/mol. The molecule has 0 aromatic carbocycles. The summed E-state index contributed by atoms with van der Waals surface area (Å²) in [6, 6.07) is 1.72. The normalized spacial score (nSPS) is 23.1. The zero-order chi connectivity index (χ0) is 15.8. The van der Waals surface area contributed by atoms with Crippen LogP contribution in [0.3, 0.4) is 0 Å². The van der Waals surface area contributed by atoms with Crippen molar-refractivity contribution in [2.75, 3.05) is 13.1 Å². The lowest BCUT2D eigenvalue weighted by molar-refractivity contribution is -0.160. The van der Waals surface area contributed by atoms with Crippen LogP contribution in [0.1, 0.15) is 43.9 Å². The van der Waals surface area contributed by atoms with Gasteiger partial charge in [-0.05, 0) is 13.0 Å². The molecule has 1 amide bonds. The number of carbonyl (C=O) groups is 2. The lowest BCUT2D eigenvalue weighted by Gasteiger charge is -2.34. The highest BCUT2D eigenvalue weighted by Gasteiger charge is 2.34. The maximum atomic E-state index is 12.4. The van der Waals surface area contributed by atoms with Gasteiger partial charge in [0, 0.05) is 17.7 Å². The largest absolute Gasteiger partial charge is 0.479 e. The van der Waals surface area contributed by atoms with Crippen LogP contribution in [0.5, 0.6) is 0 Å². The highest BCUT2D eigenvalue weighted by atomic mass is 16.5. The molecule has 7 nitrogen and oxygen atoms in total. The molecule has 0 aliphatic carbocycles. The van der Waals surface area contributed by atoms with E-state index in [-0.39, 0.29) is 24.0 Å². The molecule has 0 spiro atoms. The summed E-state index contributed by atoms with van der Waals surface area (Å²) in [6.45, 7) is 8.21. The van der Waals surface area contributed by atoms with Gasteiger partial charge in [0.15, 0.2) is 6.10 Å². The van der Waals surface area contributed by atoms with E-state index in [0.717, 1.165) is 5.69 Å². The molecule has 1 aromatic heterocycles. The van der Waals surface area contributed by atoms with Gasteiger partial charge in [0.1, 0.15) is 5.69 Å². The van der Waals surface area contributed by atoms with Crippen molar-refractivity contribution in [2.24, 2.45) is 0 Å². The van der Waals surface area contributed by atoms with Crippen LogP contribution in [-0.2, 0) is 14.9 Å². The number of nitrogens with zero attached hydrogens (tertiary/aromatic N) is 2. The van der Waals surface area contributed by atoms with Gasteiger partial charge in [-0.1, -0.05) is 20.8 Å². The fourth-order valence-corrected chi connectivity index (χ4v) is 2.23. The maximum absolute atomic E-state index is 12.4. The topological polar surface area (TPSA) is 95.5 Å². The molecule has 1 unspecified atom stereocenters. The molecule has 1 aliphatic rings. The van der Waals surface area contributed by atoms with E-state index in [9.17, 15) is 9.59 Å². The third-order valence-electron chi connectivity index (χ3n) is 3.43. The Labute approximate surface area is 123 Å². The second kappa shape index (κ2) is 5.48. The molecule has 2 N–H and O–H groups in total. The van der Waals surface area contributed by atoms with Crippen LogP contribution in [0, 0.1) is 0 Å². The lowest BCUT2D eigenvalue weighted by atomic mass is 9.92. The van der Waals surface area contributed by atoms with Crippen LogP contribution in [0.25, 0.3) is 0 Å². The quantitative estimate of drug-likeness (QED) is 0.849. The third-order valence-corrected chi connectivity index (χ3v) is 3.43. The van der Waals surface area contributed by atoms with Gasteiger partial charge in [0.25, 0.3) is 5.91 Å². The number of carboxylic acid groups (broad SMARTS) is 1. The van der Waals surface area contributed by atoms with Crippen LogP contribution in [0.15, 0.2) is 6.07 Å². The molecule has 116 valence electrons. The van der Waals surface area contributed by atoms with Crippen molar-refractivity contribution in [1.29, 1.82) is 0 Å². The first-order chi connectivity index (χ1) is 9.68. The minimum atomic E-state index is -1.06. The molecule has 0 saturated carbocycles. The van der Waals surface area contributed by atoms with Crippen LogP contribution < -0.4 is 0 Å². The molecule has 7 heteroatoms. The Balaban J connectivity index is 2.15. The number of morpholine rings is 1. The van der Waals surface area contributed by atoms with Gasteiger partial charge in [0.05, 0.1) is 12.6 Å². The first-order valence-corrected chi connectivity index (χ1v) is 6.92. The Hall–Kier alpha value is -1.89. The number of rotatable bonds is 2. The smallest absolute Gasteiger partial charge is 0.334 e. The van der Waals surface area contributed by atoms with Gasteiger partial charge in [-0.25, -0.2) is 4.79 Å². The highest BCUT2D eigenvalue weighted by Crippen LogP contribution is 2.21. The molecule has 1 aliphatic heterocycles. The fourth-order valence-electron chi connectivity index (χ4n) is 2.23. The summed E-state index contributed by atoms with van der Waals surface area (Å²) < 4.78 is 5.30. The van der Waals surface area contributed by atoms with Crippen LogP contribution in [0.2, 0.25) is 0 Å². The minimum absolute atomic E-state index is 0.0379. The summed E-state index contributed by atoms with van der Waals surface area (Å²) in [5, 5.41) is 16.0. The number of amides is 1. The van der Waals surface area contributed by atoms with Gasteiger partial charge in [-0.2, -0.15) is 5.10 Å². The van der Waals surface area contributed by atoms with E-state index < -0.39 is 12.1 Å². The summed E-state index contributed by atoms with van der Waals surface area (Å²) in [6.07, 6.45) is -1.30. The molecule has 21 heavy (non-hydrogen) atoms. The van der Waals surface area contributed by atoms with Crippen molar-refractivity contribution in [3.63, 3.8) is 0 Å². The SMILES string of the molecule is C[C@@H]1CN(C(=O)c2cc(C(C)(C)C)[nH]n2)CC(C(=O)O)O1. The number of aliphatic carboxylic acids is 1.